The van der Waals surface area contributed by atoms with Gasteiger partial charge in [0.1, 0.15) is 0 Å². The van der Waals surface area contributed by atoms with E-state index in [0.717, 1.165) is 6.42 Å². The van der Waals surface area contributed by atoms with Crippen molar-refractivity contribution in [2.75, 3.05) is 11.6 Å². The molecule has 2 atom stereocenters. The van der Waals surface area contributed by atoms with Crippen molar-refractivity contribution in [3.63, 3.8) is 0 Å². The number of hydrazine groups is 1. The number of nitrogens with one attached hydrogen (secondary N) is 2. The third-order valence-electron chi connectivity index (χ3n) is 4.90. The predicted molar refractivity (Wildman–Crippen MR) is 99.2 cm³/mol. The maximum atomic E-state index is 12.8. The van der Waals surface area contributed by atoms with Gasteiger partial charge in [0.25, 0.3) is 5.91 Å². The van der Waals surface area contributed by atoms with E-state index in [1.807, 2.05) is 12.2 Å². The Bertz CT molecular complexity index is 742. The van der Waals surface area contributed by atoms with E-state index in [1.54, 1.807) is 24.3 Å². The van der Waals surface area contributed by atoms with Gasteiger partial charge in [0, 0.05) is 12.1 Å². The molecule has 3 rings (SSSR count). The molecule has 0 radical (unpaired) electrons. The molecule has 0 aromatic heterocycles. The number of hydrogen-bond acceptors (Lipinski definition) is 3. The van der Waals surface area contributed by atoms with Gasteiger partial charge in [-0.05, 0) is 43.4 Å². The van der Waals surface area contributed by atoms with Crippen LogP contribution in [0.2, 0.25) is 0 Å². The van der Waals surface area contributed by atoms with Crippen molar-refractivity contribution in [1.82, 2.24) is 10.7 Å². The molecule has 6 heteroatoms. The third-order valence-corrected chi connectivity index (χ3v) is 4.90. The topological polar surface area (TPSA) is 78.5 Å². The van der Waals surface area contributed by atoms with Gasteiger partial charge >= 0.3 is 0 Å². The number of fused-ring (bicyclic) bond motifs is 1. The maximum Gasteiger partial charge on any atom is 0.251 e. The lowest BCUT2D eigenvalue weighted by Gasteiger charge is -2.38. The van der Waals surface area contributed by atoms with Crippen LogP contribution in [0.25, 0.3) is 0 Å². The number of nitrogens with zero attached hydrogens (tertiary/aromatic N) is 1. The monoisotopic (exact) mass is 355 g/mol. The fraction of sp³-hybridized carbons (Fsp3) is 0.450. The highest BCUT2D eigenvalue weighted by Gasteiger charge is 2.42. The first-order chi connectivity index (χ1) is 12.5. The number of benzene rings is 1. The summed E-state index contributed by atoms with van der Waals surface area (Å²) in [6.07, 6.45) is 5.97. The van der Waals surface area contributed by atoms with Gasteiger partial charge in [-0.2, -0.15) is 0 Å². The molecule has 0 saturated carbocycles. The van der Waals surface area contributed by atoms with Crippen LogP contribution >= 0.6 is 0 Å². The number of carbonyl (C=O) groups excluding carboxylic acids is 3. The first-order valence-electron chi connectivity index (χ1n) is 9.15. The van der Waals surface area contributed by atoms with Crippen molar-refractivity contribution >= 4 is 23.4 Å². The molecule has 3 amide bonds. The first kappa shape index (κ1) is 18.2. The lowest BCUT2D eigenvalue weighted by atomic mass is 9.80. The summed E-state index contributed by atoms with van der Waals surface area (Å²) in [6.45, 7) is 4.81. The van der Waals surface area contributed by atoms with Gasteiger partial charge in [0.15, 0.2) is 0 Å². The Labute approximate surface area is 153 Å². The molecule has 0 spiro atoms. The second-order valence-electron chi connectivity index (χ2n) is 7.29. The highest BCUT2D eigenvalue weighted by atomic mass is 16.2. The molecule has 1 aliphatic heterocycles. The zero-order valence-electron chi connectivity index (χ0n) is 15.2. The average Bonchev–Trinajstić information content (AvgIpc) is 2.64. The SMILES string of the molecule is CC(C)CCNC(=O)c1cccc(N2NC(=O)[C@@H]3CC=CC[C@H]3C2=O)c1. The van der Waals surface area contributed by atoms with Gasteiger partial charge in [0.05, 0.1) is 17.5 Å². The molecular weight excluding hydrogens is 330 g/mol. The number of amides is 3. The van der Waals surface area contributed by atoms with E-state index >= 15 is 0 Å². The second-order valence-corrected chi connectivity index (χ2v) is 7.29. The van der Waals surface area contributed by atoms with Crippen LogP contribution in [0.5, 0.6) is 0 Å². The smallest absolute Gasteiger partial charge is 0.251 e. The summed E-state index contributed by atoms with van der Waals surface area (Å²) in [5.41, 5.74) is 3.66. The van der Waals surface area contributed by atoms with Gasteiger partial charge in [-0.1, -0.05) is 32.1 Å². The van der Waals surface area contributed by atoms with E-state index in [4.69, 9.17) is 0 Å². The van der Waals surface area contributed by atoms with Gasteiger partial charge in [-0.3, -0.25) is 19.8 Å². The van der Waals surface area contributed by atoms with E-state index in [-0.39, 0.29) is 29.6 Å². The average molecular weight is 355 g/mol. The standard InChI is InChI=1S/C20H25N3O3/c1-13(2)10-11-21-18(24)14-6-5-7-15(12-14)23-20(26)17-9-4-3-8-16(17)19(25)22-23/h3-7,12-13,16-17H,8-11H2,1-2H3,(H,21,24)(H,22,25)/t16-,17-/m1/s1. The summed E-state index contributed by atoms with van der Waals surface area (Å²) in [4.78, 5) is 37.5. The lowest BCUT2D eigenvalue weighted by molar-refractivity contribution is -0.139. The van der Waals surface area contributed by atoms with E-state index in [9.17, 15) is 14.4 Å². The number of hydrogen-bond donors (Lipinski definition) is 2. The summed E-state index contributed by atoms with van der Waals surface area (Å²) in [6, 6.07) is 6.79. The van der Waals surface area contributed by atoms with Crippen molar-refractivity contribution in [2.24, 2.45) is 17.8 Å². The molecule has 1 aromatic carbocycles. The Morgan fingerprint density at radius 1 is 1.23 bits per heavy atom. The third kappa shape index (κ3) is 3.79. The van der Waals surface area contributed by atoms with Crippen LogP contribution in [0, 0.1) is 17.8 Å². The molecule has 1 heterocycles. The normalized spacial score (nSPS) is 22.2. The van der Waals surface area contributed by atoms with Crippen LogP contribution in [-0.2, 0) is 9.59 Å². The molecule has 1 saturated heterocycles. The van der Waals surface area contributed by atoms with Crippen molar-refractivity contribution in [1.29, 1.82) is 0 Å². The summed E-state index contributed by atoms with van der Waals surface area (Å²) in [7, 11) is 0. The van der Waals surface area contributed by atoms with Gasteiger partial charge in [0.2, 0.25) is 11.8 Å². The van der Waals surface area contributed by atoms with Crippen LogP contribution in [0.3, 0.4) is 0 Å². The molecule has 2 aliphatic rings. The fourth-order valence-corrected chi connectivity index (χ4v) is 3.35. The molecule has 1 aliphatic carbocycles. The van der Waals surface area contributed by atoms with Gasteiger partial charge < -0.3 is 5.32 Å². The minimum absolute atomic E-state index is 0.128. The maximum absolute atomic E-state index is 12.8. The molecule has 0 bridgehead atoms. The molecule has 138 valence electrons. The highest BCUT2D eigenvalue weighted by Crippen LogP contribution is 2.32. The number of rotatable bonds is 5. The number of allylic oxidation sites excluding steroid dienone is 2. The summed E-state index contributed by atoms with van der Waals surface area (Å²) < 4.78 is 0. The zero-order valence-corrected chi connectivity index (χ0v) is 15.2. The molecule has 2 N–H and O–H groups in total. The number of anilines is 1. The Hall–Kier alpha value is -2.63. The van der Waals surface area contributed by atoms with Crippen molar-refractivity contribution in [3.05, 3.63) is 42.0 Å². The summed E-state index contributed by atoms with van der Waals surface area (Å²) >= 11 is 0. The Balaban J connectivity index is 1.75. The summed E-state index contributed by atoms with van der Waals surface area (Å²) in [5.74, 6) is -0.576. The molecule has 1 fully saturated rings. The Kier molecular flexibility index (Phi) is 5.40. The first-order valence-corrected chi connectivity index (χ1v) is 9.15. The number of carbonyl (C=O) groups is 3. The quantitative estimate of drug-likeness (QED) is 0.796. The van der Waals surface area contributed by atoms with Gasteiger partial charge in [-0.15, -0.1) is 0 Å². The van der Waals surface area contributed by atoms with Crippen LogP contribution < -0.4 is 15.8 Å². The predicted octanol–water partition coefficient (Wildman–Crippen LogP) is 2.42. The van der Waals surface area contributed by atoms with Crippen LogP contribution in [-0.4, -0.2) is 24.3 Å². The van der Waals surface area contributed by atoms with Crippen LogP contribution in [0.15, 0.2) is 36.4 Å². The van der Waals surface area contributed by atoms with E-state index in [2.05, 4.69) is 24.6 Å². The molecule has 0 unspecified atom stereocenters. The minimum Gasteiger partial charge on any atom is -0.352 e. The van der Waals surface area contributed by atoms with E-state index in [1.165, 1.54) is 5.01 Å². The minimum atomic E-state index is -0.336. The molecule has 1 aromatic rings. The zero-order chi connectivity index (χ0) is 18.7. The van der Waals surface area contributed by atoms with Crippen LogP contribution in [0.4, 0.5) is 5.69 Å². The second kappa shape index (κ2) is 7.72. The molecular formula is C20H25N3O3. The van der Waals surface area contributed by atoms with Gasteiger partial charge in [-0.25, -0.2) is 5.01 Å². The Morgan fingerprint density at radius 3 is 2.69 bits per heavy atom. The van der Waals surface area contributed by atoms with Crippen molar-refractivity contribution < 1.29 is 14.4 Å². The highest BCUT2D eigenvalue weighted by molar-refractivity contribution is 6.05. The van der Waals surface area contributed by atoms with E-state index < -0.39 is 0 Å². The lowest BCUT2D eigenvalue weighted by Crippen LogP contribution is -2.59. The van der Waals surface area contributed by atoms with Crippen molar-refractivity contribution in [3.8, 4) is 0 Å². The molecule has 6 nitrogen and oxygen atoms in total. The summed E-state index contributed by atoms with van der Waals surface area (Å²) in [5, 5.41) is 4.17. The Morgan fingerprint density at radius 2 is 1.96 bits per heavy atom. The molecule has 26 heavy (non-hydrogen) atoms. The van der Waals surface area contributed by atoms with Crippen LogP contribution in [0.1, 0.15) is 43.5 Å². The largest absolute Gasteiger partial charge is 0.352 e. The fourth-order valence-electron chi connectivity index (χ4n) is 3.35. The van der Waals surface area contributed by atoms with E-state index in [0.29, 0.717) is 36.6 Å². The van der Waals surface area contributed by atoms with Crippen molar-refractivity contribution in [2.45, 2.75) is 33.1 Å².